The van der Waals surface area contributed by atoms with Gasteiger partial charge in [0, 0.05) is 62.6 Å². The molecule has 0 spiro atoms. The molecule has 3 aliphatic rings. The molecule has 4 rings (SSSR count). The minimum atomic E-state index is -4.06. The Hall–Kier alpha value is -1.44. The maximum absolute atomic E-state index is 12.5. The Labute approximate surface area is 221 Å². The van der Waals surface area contributed by atoms with Gasteiger partial charge in [-0.25, -0.2) is 0 Å². The van der Waals surface area contributed by atoms with E-state index in [1.165, 1.54) is 28.9 Å². The first kappa shape index (κ1) is 29.1. The molecule has 0 aromatic heterocycles. The molecule has 2 saturated heterocycles. The molecule has 0 radical (unpaired) electrons. The van der Waals surface area contributed by atoms with E-state index in [1.54, 1.807) is 0 Å². The smallest absolute Gasteiger partial charge is 0.378 e. The third kappa shape index (κ3) is 7.78. The summed E-state index contributed by atoms with van der Waals surface area (Å²) >= 11 is 0. The standard InChI is InChI=1S/C28H42F3N3O.ClH/c1-27(2,3)23-7-5-22(6-8-23)25-21-24(33-17-19-35-20-18-33)9-10-26(25)34-15-13-32(14-16-34)12-4-11-28(29,30)31;/h5,9-10,21,23H,4,6-8,11-20H2,1-3H3;1H. The summed E-state index contributed by atoms with van der Waals surface area (Å²) in [6.45, 7) is 14.3. The summed E-state index contributed by atoms with van der Waals surface area (Å²) in [4.78, 5) is 7.03. The summed E-state index contributed by atoms with van der Waals surface area (Å²) in [7, 11) is 0. The number of alkyl halides is 3. The van der Waals surface area contributed by atoms with E-state index >= 15 is 0 Å². The van der Waals surface area contributed by atoms with E-state index in [0.29, 0.717) is 17.9 Å². The molecule has 1 aromatic rings. The monoisotopic (exact) mass is 529 g/mol. The van der Waals surface area contributed by atoms with Crippen molar-refractivity contribution >= 4 is 29.4 Å². The van der Waals surface area contributed by atoms with Crippen LogP contribution in [0.3, 0.4) is 0 Å². The number of benzene rings is 1. The molecular weight excluding hydrogens is 487 g/mol. The maximum Gasteiger partial charge on any atom is 0.389 e. The van der Waals surface area contributed by atoms with E-state index in [0.717, 1.165) is 65.3 Å². The van der Waals surface area contributed by atoms with Crippen LogP contribution in [0, 0.1) is 11.3 Å². The van der Waals surface area contributed by atoms with Gasteiger partial charge in [0.1, 0.15) is 0 Å². The number of hydrogen-bond donors (Lipinski definition) is 0. The van der Waals surface area contributed by atoms with E-state index in [-0.39, 0.29) is 18.8 Å². The molecule has 1 atom stereocenters. The molecule has 0 saturated carbocycles. The molecule has 2 aliphatic heterocycles. The first-order valence-electron chi connectivity index (χ1n) is 13.3. The Kier molecular flexibility index (Phi) is 10.0. The number of piperazine rings is 1. The van der Waals surface area contributed by atoms with Crippen molar-refractivity contribution in [3.63, 3.8) is 0 Å². The van der Waals surface area contributed by atoms with Crippen molar-refractivity contribution in [2.45, 2.75) is 59.1 Å². The highest BCUT2D eigenvalue weighted by Crippen LogP contribution is 2.42. The quantitative estimate of drug-likeness (QED) is 0.411. The van der Waals surface area contributed by atoms with Gasteiger partial charge in [0.25, 0.3) is 0 Å². The van der Waals surface area contributed by atoms with Crippen molar-refractivity contribution in [3.05, 3.63) is 29.8 Å². The van der Waals surface area contributed by atoms with Gasteiger partial charge >= 0.3 is 6.18 Å². The number of rotatable bonds is 6. The van der Waals surface area contributed by atoms with Gasteiger partial charge in [-0.3, -0.25) is 4.90 Å². The molecule has 1 unspecified atom stereocenters. The van der Waals surface area contributed by atoms with E-state index in [9.17, 15) is 13.2 Å². The molecule has 0 bridgehead atoms. The Morgan fingerprint density at radius 2 is 1.64 bits per heavy atom. The number of nitrogens with zero attached hydrogens (tertiary/aromatic N) is 3. The lowest BCUT2D eigenvalue weighted by Crippen LogP contribution is -2.47. The summed E-state index contributed by atoms with van der Waals surface area (Å²) in [6, 6.07) is 6.89. The van der Waals surface area contributed by atoms with Gasteiger partial charge in [-0.05, 0) is 67.3 Å². The van der Waals surface area contributed by atoms with E-state index in [4.69, 9.17) is 4.74 Å². The lowest BCUT2D eigenvalue weighted by atomic mass is 9.72. The van der Waals surface area contributed by atoms with Crippen molar-refractivity contribution < 1.29 is 17.9 Å². The average Bonchev–Trinajstić information content (AvgIpc) is 2.83. The van der Waals surface area contributed by atoms with Crippen LogP contribution in [0.15, 0.2) is 24.3 Å². The number of anilines is 2. The topological polar surface area (TPSA) is 19.0 Å². The minimum absolute atomic E-state index is 0. The fourth-order valence-corrected chi connectivity index (χ4v) is 5.66. The van der Waals surface area contributed by atoms with Gasteiger partial charge in [0.05, 0.1) is 13.2 Å². The first-order valence-corrected chi connectivity index (χ1v) is 13.3. The van der Waals surface area contributed by atoms with Crippen LogP contribution in [0.4, 0.5) is 24.5 Å². The lowest BCUT2D eigenvalue weighted by molar-refractivity contribution is -0.136. The SMILES string of the molecule is CC(C)(C)C1CC=C(c2cc(N3CCOCC3)ccc2N2CCN(CCCC(F)(F)F)CC2)CC1.Cl. The predicted octanol–water partition coefficient (Wildman–Crippen LogP) is 6.64. The summed E-state index contributed by atoms with van der Waals surface area (Å²) in [5, 5.41) is 0. The van der Waals surface area contributed by atoms with Crippen LogP contribution >= 0.6 is 12.4 Å². The summed E-state index contributed by atoms with van der Waals surface area (Å²) < 4.78 is 43.1. The second-order valence-corrected chi connectivity index (χ2v) is 11.4. The van der Waals surface area contributed by atoms with Gasteiger partial charge in [-0.15, -0.1) is 12.4 Å². The van der Waals surface area contributed by atoms with Gasteiger partial charge in [0.2, 0.25) is 0 Å². The summed E-state index contributed by atoms with van der Waals surface area (Å²) in [5.74, 6) is 0.706. The largest absolute Gasteiger partial charge is 0.389 e. The maximum atomic E-state index is 12.5. The Balaban J connectivity index is 0.00000361. The van der Waals surface area contributed by atoms with E-state index in [1.807, 2.05) is 0 Å². The second-order valence-electron chi connectivity index (χ2n) is 11.4. The van der Waals surface area contributed by atoms with Crippen molar-refractivity contribution in [3.8, 4) is 0 Å². The van der Waals surface area contributed by atoms with Crippen LogP contribution in [-0.4, -0.2) is 70.1 Å². The van der Waals surface area contributed by atoms with Gasteiger partial charge in [0.15, 0.2) is 0 Å². The highest BCUT2D eigenvalue weighted by atomic mass is 35.5. The van der Waals surface area contributed by atoms with E-state index < -0.39 is 12.6 Å². The number of halogens is 4. The van der Waals surface area contributed by atoms with Crippen LogP contribution in [0.1, 0.15) is 58.4 Å². The van der Waals surface area contributed by atoms with Crippen LogP contribution in [0.25, 0.3) is 5.57 Å². The molecule has 2 heterocycles. The molecule has 4 nitrogen and oxygen atoms in total. The highest BCUT2D eigenvalue weighted by Gasteiger charge is 2.29. The first-order chi connectivity index (χ1) is 16.6. The number of hydrogen-bond acceptors (Lipinski definition) is 4. The number of morpholine rings is 1. The van der Waals surface area contributed by atoms with Gasteiger partial charge in [-0.2, -0.15) is 13.2 Å². The fourth-order valence-electron chi connectivity index (χ4n) is 5.66. The van der Waals surface area contributed by atoms with Crippen molar-refractivity contribution in [2.75, 3.05) is 68.8 Å². The molecule has 204 valence electrons. The third-order valence-electron chi connectivity index (χ3n) is 7.99. The fraction of sp³-hybridized carbons (Fsp3) is 0.714. The van der Waals surface area contributed by atoms with Crippen LogP contribution < -0.4 is 9.80 Å². The zero-order valence-electron chi connectivity index (χ0n) is 22.1. The average molecular weight is 530 g/mol. The second kappa shape index (κ2) is 12.4. The number of ether oxygens (including phenoxy) is 1. The molecule has 0 amide bonds. The van der Waals surface area contributed by atoms with E-state index in [2.05, 4.69) is 59.7 Å². The van der Waals surface area contributed by atoms with Gasteiger partial charge < -0.3 is 14.5 Å². The molecule has 36 heavy (non-hydrogen) atoms. The Morgan fingerprint density at radius 3 is 2.22 bits per heavy atom. The number of allylic oxidation sites excluding steroid dienone is 2. The van der Waals surface area contributed by atoms with Crippen LogP contribution in [0.5, 0.6) is 0 Å². The molecule has 2 fully saturated rings. The van der Waals surface area contributed by atoms with Crippen LogP contribution in [0.2, 0.25) is 0 Å². The minimum Gasteiger partial charge on any atom is -0.378 e. The normalized spacial score (nSPS) is 22.3. The summed E-state index contributed by atoms with van der Waals surface area (Å²) in [6.07, 6.45) is 1.33. The zero-order valence-corrected chi connectivity index (χ0v) is 22.9. The van der Waals surface area contributed by atoms with Gasteiger partial charge in [-0.1, -0.05) is 26.8 Å². The van der Waals surface area contributed by atoms with Crippen molar-refractivity contribution in [1.29, 1.82) is 0 Å². The van der Waals surface area contributed by atoms with Crippen molar-refractivity contribution in [1.82, 2.24) is 4.90 Å². The Morgan fingerprint density at radius 1 is 0.944 bits per heavy atom. The Bertz CT molecular complexity index is 870. The predicted molar refractivity (Wildman–Crippen MR) is 145 cm³/mol. The lowest BCUT2D eigenvalue weighted by Gasteiger charge is -2.39. The van der Waals surface area contributed by atoms with Crippen LogP contribution in [-0.2, 0) is 4.74 Å². The summed E-state index contributed by atoms with van der Waals surface area (Å²) in [5.41, 5.74) is 5.65. The molecular formula is C28H43ClF3N3O. The highest BCUT2D eigenvalue weighted by molar-refractivity contribution is 5.85. The molecule has 1 aromatic carbocycles. The van der Waals surface area contributed by atoms with Crippen molar-refractivity contribution in [2.24, 2.45) is 11.3 Å². The third-order valence-corrected chi connectivity index (χ3v) is 7.99. The molecule has 1 aliphatic carbocycles. The zero-order chi connectivity index (χ0) is 25.1. The molecule has 0 N–H and O–H groups in total. The molecule has 8 heteroatoms.